The fraction of sp³-hybridized carbons (Fsp3) is 0.188. The van der Waals surface area contributed by atoms with Crippen LogP contribution in [0, 0.1) is 0 Å². The van der Waals surface area contributed by atoms with E-state index in [0.29, 0.717) is 11.4 Å². The average Bonchev–Trinajstić information content (AvgIpc) is 2.55. The number of hydrogen-bond acceptors (Lipinski definition) is 5. The van der Waals surface area contributed by atoms with Gasteiger partial charge < -0.3 is 14.8 Å². The van der Waals surface area contributed by atoms with Crippen molar-refractivity contribution in [3.63, 3.8) is 0 Å². The predicted octanol–water partition coefficient (Wildman–Crippen LogP) is 2.68. The van der Waals surface area contributed by atoms with Crippen molar-refractivity contribution in [1.82, 2.24) is 4.98 Å². The second-order valence-electron chi connectivity index (χ2n) is 4.57. The number of esters is 1. The topological polar surface area (TPSA) is 77.5 Å². The van der Waals surface area contributed by atoms with Crippen LogP contribution in [0.5, 0.6) is 5.75 Å². The van der Waals surface area contributed by atoms with E-state index in [4.69, 9.17) is 21.1 Å². The number of aromatic nitrogens is 1. The molecular weight excluding hydrogens is 320 g/mol. The molecule has 0 aliphatic heterocycles. The molecule has 0 bridgehead atoms. The number of para-hydroxylation sites is 1. The zero-order chi connectivity index (χ0) is 16.7. The minimum atomic E-state index is -0.827. The van der Waals surface area contributed by atoms with Crippen LogP contribution in [0.3, 0.4) is 0 Å². The minimum absolute atomic E-state index is 0.160. The first-order valence-electron chi connectivity index (χ1n) is 6.85. The van der Waals surface area contributed by atoms with E-state index < -0.39 is 24.6 Å². The molecule has 1 aromatic carbocycles. The van der Waals surface area contributed by atoms with Crippen molar-refractivity contribution in [2.45, 2.75) is 13.0 Å². The molecule has 0 unspecified atom stereocenters. The van der Waals surface area contributed by atoms with Gasteiger partial charge in [-0.2, -0.15) is 0 Å². The van der Waals surface area contributed by atoms with E-state index in [0.717, 1.165) is 0 Å². The van der Waals surface area contributed by atoms with Crippen LogP contribution >= 0.6 is 11.6 Å². The summed E-state index contributed by atoms with van der Waals surface area (Å²) < 4.78 is 10.3. The van der Waals surface area contributed by atoms with Crippen LogP contribution in [0.25, 0.3) is 0 Å². The Hall–Kier alpha value is -2.60. The number of pyridine rings is 1. The first kappa shape index (κ1) is 16.8. The first-order valence-corrected chi connectivity index (χ1v) is 7.23. The minimum Gasteiger partial charge on any atom is -0.479 e. The molecule has 0 saturated carbocycles. The van der Waals surface area contributed by atoms with Gasteiger partial charge in [-0.05, 0) is 31.2 Å². The normalized spacial score (nSPS) is 11.4. The number of nitrogens with zero attached hydrogens (tertiary/aromatic N) is 1. The third-order valence-corrected chi connectivity index (χ3v) is 3.07. The summed E-state index contributed by atoms with van der Waals surface area (Å²) in [6.45, 7) is 1.11. The summed E-state index contributed by atoms with van der Waals surface area (Å²) in [5.41, 5.74) is 0.351. The van der Waals surface area contributed by atoms with E-state index in [2.05, 4.69) is 10.3 Å². The number of ether oxygens (including phenoxy) is 2. The van der Waals surface area contributed by atoms with Gasteiger partial charge in [0.1, 0.15) is 5.75 Å². The average molecular weight is 335 g/mol. The Bertz CT molecular complexity index is 679. The summed E-state index contributed by atoms with van der Waals surface area (Å²) in [5, 5.41) is 2.66. The van der Waals surface area contributed by atoms with E-state index in [-0.39, 0.29) is 5.15 Å². The molecular formula is C16H15ClN2O4. The lowest BCUT2D eigenvalue weighted by atomic mass is 10.3. The molecule has 23 heavy (non-hydrogen) atoms. The van der Waals surface area contributed by atoms with Crippen molar-refractivity contribution in [2.75, 3.05) is 11.9 Å². The van der Waals surface area contributed by atoms with Gasteiger partial charge in [0.15, 0.2) is 17.9 Å². The zero-order valence-electron chi connectivity index (χ0n) is 12.4. The maximum Gasteiger partial charge on any atom is 0.347 e. The summed E-state index contributed by atoms with van der Waals surface area (Å²) in [4.78, 5) is 27.4. The molecule has 1 atom stereocenters. The number of nitrogens with one attached hydrogen (secondary N) is 1. The van der Waals surface area contributed by atoms with Gasteiger partial charge in [0.05, 0.1) is 5.69 Å². The SMILES string of the molecule is C[C@H](Oc1ccccc1)C(=O)OCC(=O)Nc1cccnc1Cl. The second kappa shape index (κ2) is 8.14. The van der Waals surface area contributed by atoms with Gasteiger partial charge in [0.2, 0.25) is 0 Å². The molecule has 2 aromatic rings. The fourth-order valence-electron chi connectivity index (χ4n) is 1.67. The van der Waals surface area contributed by atoms with E-state index in [1.54, 1.807) is 43.3 Å². The molecule has 0 fully saturated rings. The molecule has 6 nitrogen and oxygen atoms in total. The Morgan fingerprint density at radius 3 is 2.65 bits per heavy atom. The smallest absolute Gasteiger partial charge is 0.347 e. The molecule has 0 saturated heterocycles. The summed E-state index contributed by atoms with van der Waals surface area (Å²) >= 11 is 5.82. The van der Waals surface area contributed by atoms with Gasteiger partial charge in [0.25, 0.3) is 5.91 Å². The number of amides is 1. The van der Waals surface area contributed by atoms with Gasteiger partial charge in [0, 0.05) is 6.20 Å². The molecule has 1 N–H and O–H groups in total. The number of rotatable bonds is 6. The van der Waals surface area contributed by atoms with Crippen LogP contribution in [0.2, 0.25) is 5.15 Å². The van der Waals surface area contributed by atoms with Crippen LogP contribution in [-0.4, -0.2) is 29.6 Å². The van der Waals surface area contributed by atoms with E-state index in [1.807, 2.05) is 6.07 Å². The molecule has 1 aromatic heterocycles. The number of hydrogen-bond donors (Lipinski definition) is 1. The Labute approximate surface area is 138 Å². The largest absolute Gasteiger partial charge is 0.479 e. The summed E-state index contributed by atoms with van der Waals surface area (Å²) in [5.74, 6) is -0.606. The van der Waals surface area contributed by atoms with E-state index in [9.17, 15) is 9.59 Å². The number of carbonyl (C=O) groups is 2. The van der Waals surface area contributed by atoms with Crippen LogP contribution < -0.4 is 10.1 Å². The third kappa shape index (κ3) is 5.27. The van der Waals surface area contributed by atoms with Crippen LogP contribution in [-0.2, 0) is 14.3 Å². The van der Waals surface area contributed by atoms with Gasteiger partial charge >= 0.3 is 5.97 Å². The van der Waals surface area contributed by atoms with Gasteiger partial charge in [-0.3, -0.25) is 4.79 Å². The molecule has 0 aliphatic carbocycles. The summed E-state index contributed by atoms with van der Waals surface area (Å²) in [6.07, 6.45) is 0.674. The van der Waals surface area contributed by atoms with E-state index >= 15 is 0 Å². The number of halogens is 1. The summed E-state index contributed by atoms with van der Waals surface area (Å²) in [7, 11) is 0. The van der Waals surface area contributed by atoms with Gasteiger partial charge in [-0.15, -0.1) is 0 Å². The van der Waals surface area contributed by atoms with Crippen LogP contribution in [0.1, 0.15) is 6.92 Å². The highest BCUT2D eigenvalue weighted by Gasteiger charge is 2.18. The zero-order valence-corrected chi connectivity index (χ0v) is 13.1. The van der Waals surface area contributed by atoms with Crippen LogP contribution in [0.4, 0.5) is 5.69 Å². The molecule has 1 amide bonds. The quantitative estimate of drug-likeness (QED) is 0.649. The Kier molecular flexibility index (Phi) is 5.94. The van der Waals surface area contributed by atoms with Crippen molar-refractivity contribution in [2.24, 2.45) is 0 Å². The first-order chi connectivity index (χ1) is 11.1. The standard InChI is InChI=1S/C16H15ClN2O4/c1-11(23-12-6-3-2-4-7-12)16(21)22-10-14(20)19-13-8-5-9-18-15(13)17/h2-9,11H,10H2,1H3,(H,19,20)/t11-/m0/s1. The van der Waals surface area contributed by atoms with Crippen molar-refractivity contribution in [1.29, 1.82) is 0 Å². The Morgan fingerprint density at radius 2 is 1.96 bits per heavy atom. The molecule has 0 spiro atoms. The van der Waals surface area contributed by atoms with Gasteiger partial charge in [-0.1, -0.05) is 29.8 Å². The third-order valence-electron chi connectivity index (χ3n) is 2.77. The maximum atomic E-state index is 11.8. The van der Waals surface area contributed by atoms with Crippen LogP contribution in [0.15, 0.2) is 48.7 Å². The molecule has 2 rings (SSSR count). The molecule has 1 heterocycles. The maximum absolute atomic E-state index is 11.8. The fourth-order valence-corrected chi connectivity index (χ4v) is 1.84. The number of benzene rings is 1. The summed E-state index contributed by atoms with van der Waals surface area (Å²) in [6, 6.07) is 12.1. The lowest BCUT2D eigenvalue weighted by molar-refractivity contribution is -0.153. The van der Waals surface area contributed by atoms with Gasteiger partial charge in [-0.25, -0.2) is 9.78 Å². The Morgan fingerprint density at radius 1 is 1.22 bits per heavy atom. The molecule has 7 heteroatoms. The van der Waals surface area contributed by atoms with Crippen molar-refractivity contribution < 1.29 is 19.1 Å². The molecule has 0 radical (unpaired) electrons. The predicted molar refractivity (Wildman–Crippen MR) is 85.4 cm³/mol. The molecule has 120 valence electrons. The lowest BCUT2D eigenvalue weighted by Crippen LogP contribution is -2.29. The van der Waals surface area contributed by atoms with Crippen molar-refractivity contribution in [3.05, 3.63) is 53.8 Å². The molecule has 0 aliphatic rings. The lowest BCUT2D eigenvalue weighted by Gasteiger charge is -2.14. The highest BCUT2D eigenvalue weighted by atomic mass is 35.5. The monoisotopic (exact) mass is 334 g/mol. The number of anilines is 1. The highest BCUT2D eigenvalue weighted by molar-refractivity contribution is 6.32. The Balaban J connectivity index is 1.79. The van der Waals surface area contributed by atoms with Crippen molar-refractivity contribution >= 4 is 29.2 Å². The highest BCUT2D eigenvalue weighted by Crippen LogP contribution is 2.17. The second-order valence-corrected chi connectivity index (χ2v) is 4.93. The van der Waals surface area contributed by atoms with E-state index in [1.165, 1.54) is 6.20 Å². The van der Waals surface area contributed by atoms with Crippen molar-refractivity contribution in [3.8, 4) is 5.75 Å². The number of carbonyl (C=O) groups excluding carboxylic acids is 2.